The third kappa shape index (κ3) is 6.39. The number of piperazine rings is 1. The molecule has 4 heterocycles. The van der Waals surface area contributed by atoms with Gasteiger partial charge in [-0.3, -0.25) is 15.0 Å². The highest BCUT2D eigenvalue weighted by molar-refractivity contribution is 9.10. The van der Waals surface area contributed by atoms with Crippen LogP contribution in [0.25, 0.3) is 0 Å². The van der Waals surface area contributed by atoms with Gasteiger partial charge in [-0.05, 0) is 28.9 Å². The van der Waals surface area contributed by atoms with Crippen molar-refractivity contribution in [1.29, 1.82) is 0 Å². The highest BCUT2D eigenvalue weighted by Crippen LogP contribution is 2.34. The smallest absolute Gasteiger partial charge is 0.402 e. The molecule has 36 heavy (non-hydrogen) atoms. The number of carbonyl (C=O) groups excluding carboxylic acids is 2. The van der Waals surface area contributed by atoms with Gasteiger partial charge in [0.15, 0.2) is 17.5 Å². The zero-order chi connectivity index (χ0) is 25.9. The summed E-state index contributed by atoms with van der Waals surface area (Å²) in [5.41, 5.74) is 4.50. The van der Waals surface area contributed by atoms with E-state index < -0.39 is 30.1 Å². The van der Waals surface area contributed by atoms with Gasteiger partial charge in [0.05, 0.1) is 32.3 Å². The Bertz CT molecular complexity index is 955. The monoisotopic (exact) mass is 578 g/mol. The third-order valence-corrected chi connectivity index (χ3v) is 6.95. The SMILES string of the molecule is C[C@@H](COCCC(=O)N1CCN2c3ncc(Br)cc3OCC[C@@H]2C1)NC1CNNC(=O)C1C(F)(F)F. The molecule has 10 nitrogen and oxygen atoms in total. The zero-order valence-corrected chi connectivity index (χ0v) is 21.4. The van der Waals surface area contributed by atoms with Crippen molar-refractivity contribution >= 4 is 33.6 Å². The van der Waals surface area contributed by atoms with Crippen LogP contribution >= 0.6 is 15.9 Å². The molecule has 0 aromatic carbocycles. The lowest BCUT2D eigenvalue weighted by molar-refractivity contribution is -0.193. The number of pyridine rings is 1. The van der Waals surface area contributed by atoms with Crippen LogP contribution in [0.15, 0.2) is 16.7 Å². The number of anilines is 1. The highest BCUT2D eigenvalue weighted by Gasteiger charge is 2.51. The summed E-state index contributed by atoms with van der Waals surface area (Å²) in [6.07, 6.45) is -1.97. The first-order valence-electron chi connectivity index (χ1n) is 11.9. The molecule has 200 valence electrons. The number of fused-ring (bicyclic) bond motifs is 3. The second kappa shape index (κ2) is 11.5. The number of hydrazine groups is 1. The molecule has 4 atom stereocenters. The number of hydrogen-bond donors (Lipinski definition) is 3. The lowest BCUT2D eigenvalue weighted by Gasteiger charge is -2.41. The molecular weight excluding hydrogens is 549 g/mol. The number of ether oxygens (including phenoxy) is 2. The van der Waals surface area contributed by atoms with Gasteiger partial charge < -0.3 is 24.6 Å². The summed E-state index contributed by atoms with van der Waals surface area (Å²) in [6.45, 7) is 4.19. The Labute approximate surface area is 215 Å². The van der Waals surface area contributed by atoms with Gasteiger partial charge in [-0.15, -0.1) is 0 Å². The number of rotatable bonds is 7. The number of hydrogen-bond acceptors (Lipinski definition) is 8. The van der Waals surface area contributed by atoms with Crippen LogP contribution in [-0.2, 0) is 14.3 Å². The van der Waals surface area contributed by atoms with Crippen LogP contribution in [-0.4, -0.2) is 92.0 Å². The first-order valence-corrected chi connectivity index (χ1v) is 12.7. The maximum absolute atomic E-state index is 13.3. The fourth-order valence-electron chi connectivity index (χ4n) is 4.80. The molecule has 0 spiro atoms. The first kappa shape index (κ1) is 26.9. The van der Waals surface area contributed by atoms with E-state index in [-0.39, 0.29) is 38.1 Å². The van der Waals surface area contributed by atoms with Crippen molar-refractivity contribution in [2.45, 2.75) is 44.1 Å². The van der Waals surface area contributed by atoms with E-state index in [2.05, 4.69) is 36.6 Å². The third-order valence-electron chi connectivity index (χ3n) is 6.51. The Morgan fingerprint density at radius 3 is 3.00 bits per heavy atom. The maximum atomic E-state index is 13.3. The highest BCUT2D eigenvalue weighted by atomic mass is 79.9. The molecule has 2 amide bonds. The Morgan fingerprint density at radius 2 is 2.22 bits per heavy atom. The lowest BCUT2D eigenvalue weighted by atomic mass is 9.96. The number of carbonyl (C=O) groups is 2. The number of halogens is 4. The largest absolute Gasteiger partial charge is 0.490 e. The predicted octanol–water partition coefficient (Wildman–Crippen LogP) is 1.21. The second-order valence-electron chi connectivity index (χ2n) is 9.19. The summed E-state index contributed by atoms with van der Waals surface area (Å²) < 4.78 is 52.1. The zero-order valence-electron chi connectivity index (χ0n) is 19.8. The molecule has 0 bridgehead atoms. The molecule has 3 aliphatic heterocycles. The predicted molar refractivity (Wildman–Crippen MR) is 127 cm³/mol. The van der Waals surface area contributed by atoms with Gasteiger partial charge in [-0.25, -0.2) is 10.4 Å². The number of nitrogens with one attached hydrogen (secondary N) is 3. The van der Waals surface area contributed by atoms with Gasteiger partial charge in [-0.1, -0.05) is 0 Å². The Balaban J connectivity index is 1.21. The quantitative estimate of drug-likeness (QED) is 0.414. The summed E-state index contributed by atoms with van der Waals surface area (Å²) in [4.78, 5) is 33.0. The Hall–Kier alpha value is -2.16. The average Bonchev–Trinajstić information content (AvgIpc) is 2.99. The van der Waals surface area contributed by atoms with Crippen molar-refractivity contribution in [3.63, 3.8) is 0 Å². The summed E-state index contributed by atoms with van der Waals surface area (Å²) in [7, 11) is 0. The number of alkyl halides is 3. The summed E-state index contributed by atoms with van der Waals surface area (Å²) in [6, 6.07) is 0.452. The maximum Gasteiger partial charge on any atom is 0.402 e. The van der Waals surface area contributed by atoms with Crippen LogP contribution in [0.2, 0.25) is 0 Å². The Kier molecular flexibility index (Phi) is 8.58. The standard InChI is InChI=1S/C22H30BrF3N6O4/c1-13(29-16-10-28-30-21(34)19(16)22(24,25)26)12-35-6-3-18(33)31-4-5-32-15(11-31)2-7-36-17-8-14(23)9-27-20(17)32/h8-9,13,15-16,19,28-29H,2-7,10-12H2,1H3,(H,30,34)/t13-,15+,16?,19?/m0/s1. The van der Waals surface area contributed by atoms with Crippen LogP contribution in [0.4, 0.5) is 19.0 Å². The normalized spacial score (nSPS) is 25.2. The van der Waals surface area contributed by atoms with Crippen LogP contribution in [0.5, 0.6) is 5.75 Å². The van der Waals surface area contributed by atoms with Crippen molar-refractivity contribution in [2.24, 2.45) is 5.92 Å². The van der Waals surface area contributed by atoms with Crippen LogP contribution in [0, 0.1) is 5.92 Å². The molecule has 3 N–H and O–H groups in total. The fourth-order valence-corrected chi connectivity index (χ4v) is 5.11. The van der Waals surface area contributed by atoms with E-state index in [0.29, 0.717) is 26.2 Å². The minimum absolute atomic E-state index is 0.0327. The molecular formula is C22H30BrF3N6O4. The lowest BCUT2D eigenvalue weighted by Crippen LogP contribution is -2.64. The Morgan fingerprint density at radius 1 is 1.42 bits per heavy atom. The van der Waals surface area contributed by atoms with E-state index in [1.807, 2.05) is 16.4 Å². The summed E-state index contributed by atoms with van der Waals surface area (Å²) in [5, 5.41) is 2.82. The van der Waals surface area contributed by atoms with E-state index in [1.54, 1.807) is 13.1 Å². The van der Waals surface area contributed by atoms with Crippen molar-refractivity contribution in [1.82, 2.24) is 26.1 Å². The minimum Gasteiger partial charge on any atom is -0.490 e. The van der Waals surface area contributed by atoms with Gasteiger partial charge in [0.1, 0.15) is 0 Å². The van der Waals surface area contributed by atoms with Crippen LogP contribution < -0.4 is 25.8 Å². The molecule has 3 aliphatic rings. The van der Waals surface area contributed by atoms with Gasteiger partial charge in [0, 0.05) is 55.4 Å². The van der Waals surface area contributed by atoms with Crippen molar-refractivity contribution in [3.8, 4) is 5.75 Å². The van der Waals surface area contributed by atoms with E-state index in [1.165, 1.54) is 0 Å². The summed E-state index contributed by atoms with van der Waals surface area (Å²) >= 11 is 3.42. The van der Waals surface area contributed by atoms with Crippen LogP contribution in [0.1, 0.15) is 19.8 Å². The van der Waals surface area contributed by atoms with E-state index in [0.717, 1.165) is 22.5 Å². The van der Waals surface area contributed by atoms with Gasteiger partial charge in [0.25, 0.3) is 0 Å². The van der Waals surface area contributed by atoms with Crippen molar-refractivity contribution in [3.05, 3.63) is 16.7 Å². The molecule has 4 rings (SSSR count). The molecule has 1 aromatic heterocycles. The number of nitrogens with zero attached hydrogens (tertiary/aromatic N) is 3. The minimum atomic E-state index is -4.65. The first-order chi connectivity index (χ1) is 17.1. The number of amides is 2. The molecule has 0 aliphatic carbocycles. The molecule has 2 fully saturated rings. The summed E-state index contributed by atoms with van der Waals surface area (Å²) in [5.74, 6) is -1.77. The average molecular weight is 579 g/mol. The molecule has 14 heteroatoms. The van der Waals surface area contributed by atoms with Crippen molar-refractivity contribution in [2.75, 3.05) is 50.9 Å². The molecule has 0 radical (unpaired) electrons. The molecule has 2 saturated heterocycles. The second-order valence-corrected chi connectivity index (χ2v) is 10.1. The fraction of sp³-hybridized carbons (Fsp3) is 0.682. The van der Waals surface area contributed by atoms with E-state index in [4.69, 9.17) is 9.47 Å². The van der Waals surface area contributed by atoms with Gasteiger partial charge in [-0.2, -0.15) is 13.2 Å². The van der Waals surface area contributed by atoms with Crippen LogP contribution in [0.3, 0.4) is 0 Å². The van der Waals surface area contributed by atoms with E-state index >= 15 is 0 Å². The molecule has 1 aromatic rings. The topological polar surface area (TPSA) is 108 Å². The molecule has 0 saturated carbocycles. The van der Waals surface area contributed by atoms with E-state index in [9.17, 15) is 22.8 Å². The van der Waals surface area contributed by atoms with Crippen molar-refractivity contribution < 1.29 is 32.2 Å². The molecule has 2 unspecified atom stereocenters. The van der Waals surface area contributed by atoms with Gasteiger partial charge in [0.2, 0.25) is 11.8 Å². The van der Waals surface area contributed by atoms with Gasteiger partial charge >= 0.3 is 6.18 Å². The number of aromatic nitrogens is 1.